The van der Waals surface area contributed by atoms with Gasteiger partial charge in [0.15, 0.2) is 0 Å². The first kappa shape index (κ1) is 11.3. The van der Waals surface area contributed by atoms with Crippen LogP contribution in [0.2, 0.25) is 0 Å². The fraction of sp³-hybridized carbons (Fsp3) is 0.500. The number of piperidine rings is 1. The van der Waals surface area contributed by atoms with E-state index in [0.717, 1.165) is 32.5 Å². The van der Waals surface area contributed by atoms with Gasteiger partial charge in [-0.05, 0) is 31.9 Å². The molecule has 0 spiro atoms. The Balaban J connectivity index is 1.93. The van der Waals surface area contributed by atoms with Crippen LogP contribution in [-0.4, -0.2) is 23.8 Å². The molecule has 1 atom stereocenters. The number of Topliss-reactive ketones (excluding diaryl/α,β-unsaturated/α-hetero) is 1. The number of ketones is 1. The van der Waals surface area contributed by atoms with E-state index >= 15 is 0 Å². The van der Waals surface area contributed by atoms with E-state index in [9.17, 15) is 4.79 Å². The average molecular weight is 217 g/mol. The number of likely N-dealkylation sites (tertiary alicyclic amines) is 1. The molecule has 2 heteroatoms. The molecule has 0 aromatic heterocycles. The molecule has 0 bridgehead atoms. The third-order valence-electron chi connectivity index (χ3n) is 3.33. The number of nitrogens with zero attached hydrogens (tertiary/aromatic N) is 1. The summed E-state index contributed by atoms with van der Waals surface area (Å²) >= 11 is 0. The van der Waals surface area contributed by atoms with E-state index in [0.29, 0.717) is 5.78 Å². The second-order valence-electron chi connectivity index (χ2n) is 4.67. The first-order valence-electron chi connectivity index (χ1n) is 6.02. The average Bonchev–Trinajstić information content (AvgIpc) is 2.30. The van der Waals surface area contributed by atoms with Gasteiger partial charge in [-0.2, -0.15) is 0 Å². The summed E-state index contributed by atoms with van der Waals surface area (Å²) in [5.74, 6) is 0.607. The minimum Gasteiger partial charge on any atom is -0.300 e. The van der Waals surface area contributed by atoms with Crippen molar-refractivity contribution in [2.24, 2.45) is 5.92 Å². The van der Waals surface area contributed by atoms with Crippen LogP contribution >= 0.6 is 0 Å². The van der Waals surface area contributed by atoms with Gasteiger partial charge in [-0.25, -0.2) is 0 Å². The number of carbonyl (C=O) groups excluding carboxylic acids is 1. The lowest BCUT2D eigenvalue weighted by atomic mass is 9.94. The zero-order valence-electron chi connectivity index (χ0n) is 9.86. The van der Waals surface area contributed by atoms with E-state index in [2.05, 4.69) is 29.2 Å². The van der Waals surface area contributed by atoms with Gasteiger partial charge in [0.25, 0.3) is 0 Å². The second kappa shape index (κ2) is 5.26. The fourth-order valence-electron chi connectivity index (χ4n) is 2.37. The summed E-state index contributed by atoms with van der Waals surface area (Å²) in [6.45, 7) is 4.75. The van der Waals surface area contributed by atoms with Crippen LogP contribution in [0.15, 0.2) is 30.3 Å². The third-order valence-corrected chi connectivity index (χ3v) is 3.33. The Morgan fingerprint density at radius 2 is 2.12 bits per heavy atom. The first-order chi connectivity index (χ1) is 7.75. The summed E-state index contributed by atoms with van der Waals surface area (Å²) in [4.78, 5) is 13.8. The number of hydrogen-bond donors (Lipinski definition) is 0. The Bertz CT molecular complexity index is 347. The summed E-state index contributed by atoms with van der Waals surface area (Å²) in [6, 6.07) is 10.5. The maximum atomic E-state index is 11.4. The maximum Gasteiger partial charge on any atom is 0.134 e. The Morgan fingerprint density at radius 3 is 2.81 bits per heavy atom. The van der Waals surface area contributed by atoms with Crippen LogP contribution in [0.25, 0.3) is 0 Å². The lowest BCUT2D eigenvalue weighted by Gasteiger charge is -2.31. The summed E-state index contributed by atoms with van der Waals surface area (Å²) in [5, 5.41) is 0. The highest BCUT2D eigenvalue weighted by Crippen LogP contribution is 2.19. The van der Waals surface area contributed by atoms with Crippen molar-refractivity contribution in [2.45, 2.75) is 26.3 Å². The quantitative estimate of drug-likeness (QED) is 0.775. The van der Waals surface area contributed by atoms with Gasteiger partial charge < -0.3 is 0 Å². The molecule has 0 N–H and O–H groups in total. The Labute approximate surface area is 97.3 Å². The molecule has 1 saturated heterocycles. The van der Waals surface area contributed by atoms with Gasteiger partial charge in [0.05, 0.1) is 0 Å². The zero-order valence-corrected chi connectivity index (χ0v) is 9.86. The normalized spacial score (nSPS) is 21.9. The van der Waals surface area contributed by atoms with E-state index in [1.807, 2.05) is 6.07 Å². The van der Waals surface area contributed by atoms with Gasteiger partial charge in [-0.15, -0.1) is 0 Å². The van der Waals surface area contributed by atoms with Crippen molar-refractivity contribution in [1.29, 1.82) is 0 Å². The topological polar surface area (TPSA) is 20.3 Å². The molecule has 2 rings (SSSR count). The van der Waals surface area contributed by atoms with Crippen molar-refractivity contribution >= 4 is 5.78 Å². The smallest absolute Gasteiger partial charge is 0.134 e. The molecule has 1 aliphatic rings. The standard InChI is InChI=1S/C14H19NO/c1-12(16)14-8-5-9-15(11-14)10-13-6-3-2-4-7-13/h2-4,6-7,14H,5,8-11H2,1H3. The predicted octanol–water partition coefficient (Wildman–Crippen LogP) is 2.49. The van der Waals surface area contributed by atoms with Crippen LogP contribution in [0.3, 0.4) is 0 Å². The zero-order chi connectivity index (χ0) is 11.4. The van der Waals surface area contributed by atoms with Crippen LogP contribution in [0.1, 0.15) is 25.3 Å². The molecule has 86 valence electrons. The first-order valence-corrected chi connectivity index (χ1v) is 6.02. The van der Waals surface area contributed by atoms with Crippen molar-refractivity contribution in [1.82, 2.24) is 4.90 Å². The second-order valence-corrected chi connectivity index (χ2v) is 4.67. The molecule has 1 heterocycles. The van der Waals surface area contributed by atoms with Gasteiger partial charge in [0.1, 0.15) is 5.78 Å². The number of rotatable bonds is 3. The number of carbonyl (C=O) groups is 1. The van der Waals surface area contributed by atoms with Crippen LogP contribution in [0.5, 0.6) is 0 Å². The van der Waals surface area contributed by atoms with E-state index in [-0.39, 0.29) is 5.92 Å². The largest absolute Gasteiger partial charge is 0.300 e. The lowest BCUT2D eigenvalue weighted by molar-refractivity contribution is -0.122. The molecular weight excluding hydrogens is 198 g/mol. The summed E-state index contributed by atoms with van der Waals surface area (Å²) in [6.07, 6.45) is 2.22. The highest BCUT2D eigenvalue weighted by atomic mass is 16.1. The van der Waals surface area contributed by atoms with E-state index in [1.165, 1.54) is 5.56 Å². The Morgan fingerprint density at radius 1 is 1.38 bits per heavy atom. The summed E-state index contributed by atoms with van der Waals surface area (Å²) in [5.41, 5.74) is 1.34. The summed E-state index contributed by atoms with van der Waals surface area (Å²) < 4.78 is 0. The number of benzene rings is 1. The highest BCUT2D eigenvalue weighted by Gasteiger charge is 2.22. The van der Waals surface area contributed by atoms with Crippen molar-refractivity contribution in [3.05, 3.63) is 35.9 Å². The Kier molecular flexibility index (Phi) is 3.73. The van der Waals surface area contributed by atoms with Crippen molar-refractivity contribution in [3.63, 3.8) is 0 Å². The maximum absolute atomic E-state index is 11.4. The predicted molar refractivity (Wildman–Crippen MR) is 65.1 cm³/mol. The highest BCUT2D eigenvalue weighted by molar-refractivity contribution is 5.78. The molecule has 1 unspecified atom stereocenters. The van der Waals surface area contributed by atoms with Crippen LogP contribution in [0, 0.1) is 5.92 Å². The van der Waals surface area contributed by atoms with Gasteiger partial charge in [0.2, 0.25) is 0 Å². The van der Waals surface area contributed by atoms with Crippen LogP contribution in [0.4, 0.5) is 0 Å². The molecule has 0 radical (unpaired) electrons. The third kappa shape index (κ3) is 2.92. The molecule has 1 aromatic carbocycles. The van der Waals surface area contributed by atoms with Crippen LogP contribution in [-0.2, 0) is 11.3 Å². The van der Waals surface area contributed by atoms with E-state index < -0.39 is 0 Å². The monoisotopic (exact) mass is 217 g/mol. The van der Waals surface area contributed by atoms with E-state index in [4.69, 9.17) is 0 Å². The minimum atomic E-state index is 0.262. The minimum absolute atomic E-state index is 0.262. The van der Waals surface area contributed by atoms with Crippen molar-refractivity contribution in [2.75, 3.05) is 13.1 Å². The lowest BCUT2D eigenvalue weighted by Crippen LogP contribution is -2.37. The van der Waals surface area contributed by atoms with Gasteiger partial charge in [-0.1, -0.05) is 30.3 Å². The molecule has 1 fully saturated rings. The van der Waals surface area contributed by atoms with Gasteiger partial charge in [-0.3, -0.25) is 9.69 Å². The molecular formula is C14H19NO. The summed E-state index contributed by atoms with van der Waals surface area (Å²) in [7, 11) is 0. The molecule has 1 aliphatic heterocycles. The fourth-order valence-corrected chi connectivity index (χ4v) is 2.37. The molecule has 0 aliphatic carbocycles. The molecule has 0 saturated carbocycles. The SMILES string of the molecule is CC(=O)C1CCCN(Cc2ccccc2)C1. The molecule has 16 heavy (non-hydrogen) atoms. The van der Waals surface area contributed by atoms with E-state index in [1.54, 1.807) is 6.92 Å². The van der Waals surface area contributed by atoms with Gasteiger partial charge in [0, 0.05) is 19.0 Å². The number of hydrogen-bond acceptors (Lipinski definition) is 2. The molecule has 0 amide bonds. The molecule has 2 nitrogen and oxygen atoms in total. The Hall–Kier alpha value is -1.15. The molecule has 1 aromatic rings. The van der Waals surface area contributed by atoms with Crippen LogP contribution < -0.4 is 0 Å². The van der Waals surface area contributed by atoms with Crippen molar-refractivity contribution in [3.8, 4) is 0 Å². The van der Waals surface area contributed by atoms with Gasteiger partial charge >= 0.3 is 0 Å². The van der Waals surface area contributed by atoms with Crippen molar-refractivity contribution < 1.29 is 4.79 Å².